The zero-order valence-electron chi connectivity index (χ0n) is 11.5. The van der Waals surface area contributed by atoms with E-state index in [-0.39, 0.29) is 0 Å². The van der Waals surface area contributed by atoms with Crippen LogP contribution in [0.4, 0.5) is 0 Å². The van der Waals surface area contributed by atoms with Gasteiger partial charge in [-0.1, -0.05) is 31.6 Å². The predicted octanol–water partition coefficient (Wildman–Crippen LogP) is 4.71. The summed E-state index contributed by atoms with van der Waals surface area (Å²) in [6, 6.07) is 2.35. The zero-order valence-corrected chi connectivity index (χ0v) is 11.5. The molecule has 0 saturated carbocycles. The maximum absolute atomic E-state index is 3.88. The summed E-state index contributed by atoms with van der Waals surface area (Å²) in [5.41, 5.74) is 7.25. The monoisotopic (exact) mass is 228 g/mol. The van der Waals surface area contributed by atoms with Gasteiger partial charge in [-0.2, -0.15) is 0 Å². The Morgan fingerprint density at radius 3 is 2.18 bits per heavy atom. The van der Waals surface area contributed by atoms with E-state index in [1.54, 1.807) is 0 Å². The molecule has 0 aliphatic heterocycles. The fourth-order valence-corrected chi connectivity index (χ4v) is 2.43. The molecule has 0 N–H and O–H groups in total. The van der Waals surface area contributed by atoms with Crippen molar-refractivity contribution >= 4 is 0 Å². The number of benzene rings is 1. The lowest BCUT2D eigenvalue weighted by Gasteiger charge is -2.18. The van der Waals surface area contributed by atoms with E-state index in [1.807, 2.05) is 12.2 Å². The first-order valence-electron chi connectivity index (χ1n) is 6.48. The van der Waals surface area contributed by atoms with Gasteiger partial charge in [0.1, 0.15) is 0 Å². The minimum Gasteiger partial charge on any atom is -0.103 e. The molecule has 1 rings (SSSR count). The average molecular weight is 228 g/mol. The Hall–Kier alpha value is -1.30. The van der Waals surface area contributed by atoms with Crippen molar-refractivity contribution in [3.05, 3.63) is 59.2 Å². The first kappa shape index (κ1) is 13.8. The largest absolute Gasteiger partial charge is 0.103 e. The van der Waals surface area contributed by atoms with Crippen molar-refractivity contribution in [1.82, 2.24) is 0 Å². The summed E-state index contributed by atoms with van der Waals surface area (Å²) in [5.74, 6) is 0. The van der Waals surface area contributed by atoms with Crippen molar-refractivity contribution in [2.75, 3.05) is 0 Å². The molecule has 0 heteroatoms. The lowest BCUT2D eigenvalue weighted by molar-refractivity contribution is 0.894. The van der Waals surface area contributed by atoms with E-state index in [1.165, 1.54) is 34.2 Å². The van der Waals surface area contributed by atoms with Crippen LogP contribution in [0.3, 0.4) is 0 Å². The van der Waals surface area contributed by atoms with Gasteiger partial charge in [0.15, 0.2) is 0 Å². The van der Waals surface area contributed by atoms with Crippen LogP contribution in [-0.2, 0) is 19.3 Å². The third kappa shape index (κ3) is 3.09. The molecule has 0 spiro atoms. The highest BCUT2D eigenvalue weighted by atomic mass is 14.2. The summed E-state index contributed by atoms with van der Waals surface area (Å²) >= 11 is 0. The molecule has 0 saturated heterocycles. The maximum Gasteiger partial charge on any atom is -0.00944 e. The van der Waals surface area contributed by atoms with Crippen molar-refractivity contribution in [2.45, 2.75) is 46.5 Å². The molecule has 0 heterocycles. The molecular weight excluding hydrogens is 204 g/mol. The van der Waals surface area contributed by atoms with Crippen LogP contribution in [0.5, 0.6) is 0 Å². The van der Waals surface area contributed by atoms with E-state index in [2.05, 4.69) is 40.0 Å². The van der Waals surface area contributed by atoms with Gasteiger partial charge in [0, 0.05) is 0 Å². The minimum absolute atomic E-state index is 0.966. The normalized spacial score (nSPS) is 10.3. The molecule has 0 bridgehead atoms. The van der Waals surface area contributed by atoms with E-state index >= 15 is 0 Å². The van der Waals surface area contributed by atoms with E-state index in [0.717, 1.165) is 19.3 Å². The second-order valence-corrected chi connectivity index (χ2v) is 4.67. The average Bonchev–Trinajstić information content (AvgIpc) is 2.30. The second kappa shape index (κ2) is 6.44. The molecule has 0 fully saturated rings. The fourth-order valence-electron chi connectivity index (χ4n) is 2.43. The summed E-state index contributed by atoms with van der Waals surface area (Å²) in [5, 5.41) is 0. The third-order valence-electron chi connectivity index (χ3n) is 3.40. The van der Waals surface area contributed by atoms with Crippen LogP contribution >= 0.6 is 0 Å². The van der Waals surface area contributed by atoms with Crippen LogP contribution in [0.2, 0.25) is 0 Å². The molecule has 0 nitrogen and oxygen atoms in total. The quantitative estimate of drug-likeness (QED) is 0.618. The van der Waals surface area contributed by atoms with Crippen molar-refractivity contribution < 1.29 is 0 Å². The van der Waals surface area contributed by atoms with Crippen LogP contribution < -0.4 is 0 Å². The van der Waals surface area contributed by atoms with Gasteiger partial charge >= 0.3 is 0 Å². The molecule has 1 aromatic carbocycles. The highest BCUT2D eigenvalue weighted by Crippen LogP contribution is 2.25. The summed E-state index contributed by atoms with van der Waals surface area (Å²) in [7, 11) is 0. The molecule has 0 amide bonds. The SMILES string of the molecule is C=CCc1c(CCC)cc(C)c(C)c1CC=C. The number of allylic oxidation sites excluding steroid dienone is 2. The highest BCUT2D eigenvalue weighted by Gasteiger charge is 2.11. The Bertz CT molecular complexity index is 411. The predicted molar refractivity (Wildman–Crippen MR) is 77.7 cm³/mol. The number of hydrogen-bond donors (Lipinski definition) is 0. The lowest BCUT2D eigenvalue weighted by atomic mass is 9.88. The number of rotatable bonds is 6. The van der Waals surface area contributed by atoms with E-state index < -0.39 is 0 Å². The standard InChI is InChI=1S/C17H24/c1-6-9-15-12-13(4)14(5)16(10-7-2)17(15)11-8-3/h7-8,12H,2-3,6,9-11H2,1,4-5H3. The van der Waals surface area contributed by atoms with Crippen LogP contribution in [-0.4, -0.2) is 0 Å². The van der Waals surface area contributed by atoms with Crippen molar-refractivity contribution in [3.8, 4) is 0 Å². The van der Waals surface area contributed by atoms with Gasteiger partial charge in [0.05, 0.1) is 0 Å². The minimum atomic E-state index is 0.966. The first-order valence-corrected chi connectivity index (χ1v) is 6.48. The molecule has 0 atom stereocenters. The molecule has 92 valence electrons. The van der Waals surface area contributed by atoms with E-state index in [0.29, 0.717) is 0 Å². The van der Waals surface area contributed by atoms with E-state index in [4.69, 9.17) is 0 Å². The zero-order chi connectivity index (χ0) is 12.8. The first-order chi connectivity index (χ1) is 8.15. The molecule has 0 radical (unpaired) electrons. The van der Waals surface area contributed by atoms with Gasteiger partial charge in [-0.15, -0.1) is 13.2 Å². The molecule has 0 aliphatic carbocycles. The molecule has 17 heavy (non-hydrogen) atoms. The number of aryl methyl sites for hydroxylation is 2. The molecular formula is C17H24. The smallest absolute Gasteiger partial charge is 0.00944 e. The van der Waals surface area contributed by atoms with Crippen molar-refractivity contribution in [3.63, 3.8) is 0 Å². The lowest BCUT2D eigenvalue weighted by Crippen LogP contribution is -2.04. The van der Waals surface area contributed by atoms with Gasteiger partial charge in [-0.05, 0) is 60.9 Å². The maximum atomic E-state index is 3.88. The van der Waals surface area contributed by atoms with Crippen LogP contribution in [0, 0.1) is 13.8 Å². The molecule has 0 aliphatic rings. The van der Waals surface area contributed by atoms with Gasteiger partial charge in [-0.25, -0.2) is 0 Å². The summed E-state index contributed by atoms with van der Waals surface area (Å²) in [6.45, 7) is 14.4. The third-order valence-corrected chi connectivity index (χ3v) is 3.40. The van der Waals surface area contributed by atoms with Crippen LogP contribution in [0.1, 0.15) is 41.2 Å². The van der Waals surface area contributed by atoms with Gasteiger partial charge in [0.25, 0.3) is 0 Å². The Balaban J connectivity index is 3.38. The summed E-state index contributed by atoms with van der Waals surface area (Å²) in [4.78, 5) is 0. The Morgan fingerprint density at radius 1 is 1.06 bits per heavy atom. The summed E-state index contributed by atoms with van der Waals surface area (Å²) < 4.78 is 0. The van der Waals surface area contributed by atoms with E-state index in [9.17, 15) is 0 Å². The molecule has 0 unspecified atom stereocenters. The Labute approximate surface area is 106 Å². The van der Waals surface area contributed by atoms with Gasteiger partial charge < -0.3 is 0 Å². The molecule has 1 aromatic rings. The van der Waals surface area contributed by atoms with Crippen LogP contribution in [0.25, 0.3) is 0 Å². The highest BCUT2D eigenvalue weighted by molar-refractivity contribution is 5.47. The Morgan fingerprint density at radius 2 is 1.65 bits per heavy atom. The van der Waals surface area contributed by atoms with Gasteiger partial charge in [0.2, 0.25) is 0 Å². The van der Waals surface area contributed by atoms with Crippen LogP contribution in [0.15, 0.2) is 31.4 Å². The fraction of sp³-hybridized carbons (Fsp3) is 0.412. The Kier molecular flexibility index (Phi) is 5.21. The van der Waals surface area contributed by atoms with Crippen molar-refractivity contribution in [1.29, 1.82) is 0 Å². The topological polar surface area (TPSA) is 0 Å². The van der Waals surface area contributed by atoms with Crippen molar-refractivity contribution in [2.24, 2.45) is 0 Å². The number of hydrogen-bond acceptors (Lipinski definition) is 0. The summed E-state index contributed by atoms with van der Waals surface area (Å²) in [6.07, 6.45) is 8.31. The second-order valence-electron chi connectivity index (χ2n) is 4.67. The van der Waals surface area contributed by atoms with Gasteiger partial charge in [-0.3, -0.25) is 0 Å². The molecule has 0 aromatic heterocycles.